The lowest BCUT2D eigenvalue weighted by molar-refractivity contribution is -0.667. The van der Waals surface area contributed by atoms with Crippen LogP contribution in [0.2, 0.25) is 0 Å². The van der Waals surface area contributed by atoms with E-state index in [1.807, 2.05) is 0 Å². The zero-order chi connectivity index (χ0) is 17.2. The minimum atomic E-state index is 0. The molecule has 0 saturated heterocycles. The largest absolute Gasteiger partial charge is 1.00 e. The van der Waals surface area contributed by atoms with Gasteiger partial charge in [-0.3, -0.25) is 0 Å². The summed E-state index contributed by atoms with van der Waals surface area (Å²) in [5.74, 6) is 0. The van der Waals surface area contributed by atoms with Crippen LogP contribution in [0.25, 0.3) is 23.1 Å². The average Bonchev–Trinajstić information content (AvgIpc) is 2.68. The molecule has 3 heteroatoms. The summed E-state index contributed by atoms with van der Waals surface area (Å²) < 4.78 is 2.29. The van der Waals surface area contributed by atoms with Crippen LogP contribution in [0.15, 0.2) is 72.6 Å². The quantitative estimate of drug-likeness (QED) is 0.647. The molecule has 26 heavy (non-hydrogen) atoms. The number of pyridine rings is 1. The molecule has 0 aliphatic carbocycles. The summed E-state index contributed by atoms with van der Waals surface area (Å²) in [7, 11) is 0. The number of para-hydroxylation sites is 2. The molecule has 3 aromatic rings. The standard InChI is InChI=1S/C23H23N2.ClH/c1-3-24-16-15-19(21-10-6-8-12-23(21)24)17-20-14-13-18-9-5-7-11-22(18)25(20)4-2;/h5-17H,3-4H2,1-2H3;1H/q+1;/p-1. The van der Waals surface area contributed by atoms with Gasteiger partial charge in [-0.25, -0.2) is 0 Å². The lowest BCUT2D eigenvalue weighted by Gasteiger charge is -2.29. The maximum absolute atomic E-state index is 2.38. The highest BCUT2D eigenvalue weighted by Gasteiger charge is 2.16. The Morgan fingerprint density at radius 3 is 2.50 bits per heavy atom. The predicted molar refractivity (Wildman–Crippen MR) is 106 cm³/mol. The highest BCUT2D eigenvalue weighted by atomic mass is 35.5. The Balaban J connectivity index is 0.00000196. The Bertz CT molecular complexity index is 988. The lowest BCUT2D eigenvalue weighted by atomic mass is 10.0. The first kappa shape index (κ1) is 18.2. The Labute approximate surface area is 161 Å². The molecular formula is C23H23ClN2. The number of rotatable bonds is 3. The van der Waals surface area contributed by atoms with Gasteiger partial charge in [-0.2, -0.15) is 4.57 Å². The van der Waals surface area contributed by atoms with E-state index in [9.17, 15) is 0 Å². The van der Waals surface area contributed by atoms with E-state index in [0.717, 1.165) is 13.1 Å². The number of allylic oxidation sites excluding steroid dienone is 1. The number of nitrogens with zero attached hydrogens (tertiary/aromatic N) is 2. The van der Waals surface area contributed by atoms with Crippen molar-refractivity contribution >= 4 is 28.7 Å². The van der Waals surface area contributed by atoms with E-state index in [4.69, 9.17) is 0 Å². The monoisotopic (exact) mass is 362 g/mol. The van der Waals surface area contributed by atoms with E-state index in [0.29, 0.717) is 0 Å². The predicted octanol–water partition coefficient (Wildman–Crippen LogP) is 2.05. The number of hydrogen-bond donors (Lipinski definition) is 0. The molecular weight excluding hydrogens is 340 g/mol. The normalized spacial score (nSPS) is 14.4. The molecule has 2 aromatic carbocycles. The van der Waals surface area contributed by atoms with Gasteiger partial charge in [0.15, 0.2) is 6.20 Å². The molecule has 0 atom stereocenters. The molecule has 0 amide bonds. The molecule has 2 heterocycles. The van der Waals surface area contributed by atoms with Crippen LogP contribution in [0.3, 0.4) is 0 Å². The molecule has 0 N–H and O–H groups in total. The minimum absolute atomic E-state index is 0. The number of halogens is 1. The van der Waals surface area contributed by atoms with Crippen LogP contribution < -0.4 is 21.9 Å². The average molecular weight is 363 g/mol. The minimum Gasteiger partial charge on any atom is -1.00 e. The Morgan fingerprint density at radius 2 is 1.69 bits per heavy atom. The second kappa shape index (κ2) is 7.76. The van der Waals surface area contributed by atoms with Crippen molar-refractivity contribution in [1.82, 2.24) is 0 Å². The molecule has 1 aliphatic heterocycles. The van der Waals surface area contributed by atoms with Gasteiger partial charge in [-0.1, -0.05) is 36.4 Å². The van der Waals surface area contributed by atoms with Crippen molar-refractivity contribution < 1.29 is 17.0 Å². The first-order chi connectivity index (χ1) is 12.3. The van der Waals surface area contributed by atoms with E-state index in [-0.39, 0.29) is 12.4 Å². The van der Waals surface area contributed by atoms with Gasteiger partial charge in [0, 0.05) is 30.1 Å². The van der Waals surface area contributed by atoms with Gasteiger partial charge in [-0.05, 0) is 49.3 Å². The molecule has 0 fully saturated rings. The third-order valence-electron chi connectivity index (χ3n) is 4.89. The van der Waals surface area contributed by atoms with Gasteiger partial charge >= 0.3 is 0 Å². The molecule has 4 rings (SSSR count). The van der Waals surface area contributed by atoms with Gasteiger partial charge < -0.3 is 17.3 Å². The molecule has 1 aliphatic rings. The van der Waals surface area contributed by atoms with E-state index in [1.54, 1.807) is 0 Å². The first-order valence-corrected chi connectivity index (χ1v) is 8.99. The maximum atomic E-state index is 2.38. The van der Waals surface area contributed by atoms with Crippen molar-refractivity contribution in [2.24, 2.45) is 0 Å². The summed E-state index contributed by atoms with van der Waals surface area (Å²) >= 11 is 0. The van der Waals surface area contributed by atoms with Crippen LogP contribution in [0, 0.1) is 0 Å². The number of benzene rings is 2. The van der Waals surface area contributed by atoms with Crippen molar-refractivity contribution in [3.05, 3.63) is 83.7 Å². The molecule has 0 radical (unpaired) electrons. The number of aromatic nitrogens is 1. The van der Waals surface area contributed by atoms with E-state index in [2.05, 4.69) is 102 Å². The van der Waals surface area contributed by atoms with Gasteiger partial charge in [-0.15, -0.1) is 0 Å². The van der Waals surface area contributed by atoms with Crippen LogP contribution in [-0.4, -0.2) is 6.54 Å². The Kier molecular flexibility index (Phi) is 5.43. The summed E-state index contributed by atoms with van der Waals surface area (Å²) in [6, 6.07) is 19.4. The van der Waals surface area contributed by atoms with E-state index in [1.165, 1.54) is 33.4 Å². The topological polar surface area (TPSA) is 7.12 Å². The number of likely N-dealkylation sites (N-methyl/N-ethyl adjacent to an activating group) is 1. The summed E-state index contributed by atoms with van der Waals surface area (Å²) in [4.78, 5) is 2.38. The van der Waals surface area contributed by atoms with Crippen LogP contribution in [0.1, 0.15) is 25.0 Å². The van der Waals surface area contributed by atoms with Gasteiger partial charge in [0.1, 0.15) is 6.54 Å². The summed E-state index contributed by atoms with van der Waals surface area (Å²) in [6.07, 6.45) is 8.93. The number of fused-ring (bicyclic) bond motifs is 2. The highest BCUT2D eigenvalue weighted by Crippen LogP contribution is 2.32. The maximum Gasteiger partial charge on any atom is 0.213 e. The SMILES string of the molecule is CCN1C(=Cc2cc[n+](CC)c3ccccc23)C=Cc2ccccc21.[Cl-]. The van der Waals surface area contributed by atoms with Crippen LogP contribution in [-0.2, 0) is 6.54 Å². The molecule has 1 aromatic heterocycles. The summed E-state index contributed by atoms with van der Waals surface area (Å²) in [5, 5.41) is 1.29. The third-order valence-corrected chi connectivity index (χ3v) is 4.89. The number of aryl methyl sites for hydroxylation is 1. The van der Waals surface area contributed by atoms with Crippen molar-refractivity contribution in [2.75, 3.05) is 11.4 Å². The Hall–Kier alpha value is -2.58. The smallest absolute Gasteiger partial charge is 0.213 e. The van der Waals surface area contributed by atoms with E-state index >= 15 is 0 Å². The molecule has 2 nitrogen and oxygen atoms in total. The van der Waals surface area contributed by atoms with Crippen molar-refractivity contribution in [2.45, 2.75) is 20.4 Å². The molecule has 132 valence electrons. The fourth-order valence-electron chi connectivity index (χ4n) is 3.63. The van der Waals surface area contributed by atoms with Crippen molar-refractivity contribution in [1.29, 1.82) is 0 Å². The first-order valence-electron chi connectivity index (χ1n) is 8.99. The van der Waals surface area contributed by atoms with Gasteiger partial charge in [0.05, 0.1) is 5.39 Å². The fraction of sp³-hybridized carbons (Fsp3) is 0.174. The summed E-state index contributed by atoms with van der Waals surface area (Å²) in [6.45, 7) is 6.32. The van der Waals surface area contributed by atoms with Gasteiger partial charge in [0.25, 0.3) is 0 Å². The molecule has 0 bridgehead atoms. The van der Waals surface area contributed by atoms with Crippen LogP contribution in [0.5, 0.6) is 0 Å². The number of anilines is 1. The van der Waals surface area contributed by atoms with Crippen molar-refractivity contribution in [3.63, 3.8) is 0 Å². The van der Waals surface area contributed by atoms with E-state index < -0.39 is 0 Å². The molecule has 0 unspecified atom stereocenters. The van der Waals surface area contributed by atoms with Crippen molar-refractivity contribution in [3.8, 4) is 0 Å². The second-order valence-corrected chi connectivity index (χ2v) is 6.28. The lowest BCUT2D eigenvalue weighted by Crippen LogP contribution is -3.00. The number of hydrogen-bond acceptors (Lipinski definition) is 1. The third kappa shape index (κ3) is 3.13. The second-order valence-electron chi connectivity index (χ2n) is 6.28. The fourth-order valence-corrected chi connectivity index (χ4v) is 3.63. The molecule has 0 saturated carbocycles. The Morgan fingerprint density at radius 1 is 0.923 bits per heavy atom. The zero-order valence-corrected chi connectivity index (χ0v) is 15.9. The van der Waals surface area contributed by atoms with Crippen LogP contribution >= 0.6 is 0 Å². The summed E-state index contributed by atoms with van der Waals surface area (Å²) in [5.41, 5.74) is 6.34. The highest BCUT2D eigenvalue weighted by molar-refractivity contribution is 5.88. The zero-order valence-electron chi connectivity index (χ0n) is 15.2. The van der Waals surface area contributed by atoms with Gasteiger partial charge in [0.2, 0.25) is 5.52 Å². The van der Waals surface area contributed by atoms with Crippen LogP contribution in [0.4, 0.5) is 5.69 Å². The molecule has 0 spiro atoms.